The monoisotopic (exact) mass is 308 g/mol. The van der Waals surface area contributed by atoms with Gasteiger partial charge in [0.05, 0.1) is 5.56 Å². The topological polar surface area (TPSA) is 78.4 Å². The van der Waals surface area contributed by atoms with E-state index >= 15 is 0 Å². The summed E-state index contributed by atoms with van der Waals surface area (Å²) < 4.78 is 14.2. The first kappa shape index (κ1) is 16.4. The van der Waals surface area contributed by atoms with Crippen molar-refractivity contribution in [3.63, 3.8) is 0 Å². The highest BCUT2D eigenvalue weighted by atomic mass is 19.1. The van der Waals surface area contributed by atoms with Crippen molar-refractivity contribution in [3.05, 3.63) is 29.1 Å². The zero-order valence-electron chi connectivity index (χ0n) is 12.8. The Morgan fingerprint density at radius 2 is 2.18 bits per heavy atom. The summed E-state index contributed by atoms with van der Waals surface area (Å²) in [5.41, 5.74) is 0.570. The molecule has 0 aromatic heterocycles. The predicted octanol–water partition coefficient (Wildman–Crippen LogP) is 1.99. The number of amides is 2. The second-order valence-corrected chi connectivity index (χ2v) is 5.88. The van der Waals surface area contributed by atoms with E-state index in [1.807, 2.05) is 13.8 Å². The van der Waals surface area contributed by atoms with Gasteiger partial charge < -0.3 is 15.7 Å². The Morgan fingerprint density at radius 1 is 1.45 bits per heavy atom. The van der Waals surface area contributed by atoms with Crippen LogP contribution in [0.15, 0.2) is 12.1 Å². The van der Waals surface area contributed by atoms with Crippen molar-refractivity contribution >= 4 is 17.5 Å². The van der Waals surface area contributed by atoms with E-state index in [1.165, 1.54) is 12.1 Å². The number of aliphatic hydroxyl groups excluding tert-OH is 1. The van der Waals surface area contributed by atoms with Gasteiger partial charge in [0, 0.05) is 24.3 Å². The molecule has 1 aromatic carbocycles. The molecule has 0 spiro atoms. The van der Waals surface area contributed by atoms with Crippen LogP contribution in [0.4, 0.5) is 10.1 Å². The third-order valence-corrected chi connectivity index (χ3v) is 4.19. The van der Waals surface area contributed by atoms with Gasteiger partial charge >= 0.3 is 0 Å². The zero-order valence-corrected chi connectivity index (χ0v) is 12.8. The summed E-state index contributed by atoms with van der Waals surface area (Å²) in [7, 11) is 0. The third kappa shape index (κ3) is 3.44. The molecular formula is C16H21FN2O3. The van der Waals surface area contributed by atoms with E-state index in [4.69, 9.17) is 5.11 Å². The fourth-order valence-electron chi connectivity index (χ4n) is 2.49. The molecule has 1 unspecified atom stereocenters. The van der Waals surface area contributed by atoms with Crippen molar-refractivity contribution in [1.29, 1.82) is 0 Å². The maximum atomic E-state index is 14.2. The number of nitrogens with one attached hydrogen (secondary N) is 2. The number of anilines is 1. The number of fused-ring (bicyclic) bond motifs is 1. The molecule has 1 atom stereocenters. The highest BCUT2D eigenvalue weighted by Crippen LogP contribution is 2.26. The lowest BCUT2D eigenvalue weighted by Crippen LogP contribution is -2.46. The number of carbonyl (C=O) groups excluding carboxylic acids is 2. The highest BCUT2D eigenvalue weighted by molar-refractivity contribution is 5.98. The van der Waals surface area contributed by atoms with E-state index < -0.39 is 17.3 Å². The van der Waals surface area contributed by atoms with Crippen LogP contribution in [-0.4, -0.2) is 29.1 Å². The van der Waals surface area contributed by atoms with Gasteiger partial charge in [-0.25, -0.2) is 4.39 Å². The maximum Gasteiger partial charge on any atom is 0.254 e. The predicted molar refractivity (Wildman–Crippen MR) is 81.2 cm³/mol. The molecule has 3 N–H and O–H groups in total. The molecule has 0 saturated heterocycles. The summed E-state index contributed by atoms with van der Waals surface area (Å²) >= 11 is 0. The van der Waals surface area contributed by atoms with Crippen molar-refractivity contribution < 1.29 is 19.1 Å². The number of aryl methyl sites for hydroxylation is 1. The average molecular weight is 308 g/mol. The van der Waals surface area contributed by atoms with Crippen LogP contribution < -0.4 is 10.6 Å². The van der Waals surface area contributed by atoms with Crippen LogP contribution in [-0.2, 0) is 11.2 Å². The van der Waals surface area contributed by atoms with Crippen LogP contribution in [0.2, 0.25) is 0 Å². The van der Waals surface area contributed by atoms with Crippen molar-refractivity contribution in [3.8, 4) is 0 Å². The van der Waals surface area contributed by atoms with E-state index in [0.29, 0.717) is 31.4 Å². The average Bonchev–Trinajstić information content (AvgIpc) is 2.46. The van der Waals surface area contributed by atoms with Gasteiger partial charge in [0.2, 0.25) is 5.91 Å². The SMILES string of the molecule is CCC(C)(CCO)NC(=O)c1cc2c(cc1F)NC(=O)CC2. The summed E-state index contributed by atoms with van der Waals surface area (Å²) in [6, 6.07) is 2.69. The van der Waals surface area contributed by atoms with Crippen molar-refractivity contribution in [1.82, 2.24) is 5.32 Å². The Labute approximate surface area is 128 Å². The number of rotatable bonds is 5. The summed E-state index contributed by atoms with van der Waals surface area (Å²) in [6.45, 7) is 3.66. The summed E-state index contributed by atoms with van der Waals surface area (Å²) in [5, 5.41) is 14.5. The standard InChI is InChI=1S/C16H21FN2O3/c1-3-16(2,6-7-20)19-15(22)11-8-10-4-5-14(21)18-13(10)9-12(11)17/h8-9,20H,3-7H2,1-2H3,(H,18,21)(H,19,22). The van der Waals surface area contributed by atoms with Crippen LogP contribution >= 0.6 is 0 Å². The molecule has 0 bridgehead atoms. The molecule has 5 nitrogen and oxygen atoms in total. The number of carbonyl (C=O) groups is 2. The maximum absolute atomic E-state index is 14.2. The molecule has 0 aliphatic carbocycles. The van der Waals surface area contributed by atoms with Gasteiger partial charge in [0.15, 0.2) is 0 Å². The first-order valence-corrected chi connectivity index (χ1v) is 7.44. The smallest absolute Gasteiger partial charge is 0.254 e. The quantitative estimate of drug-likeness (QED) is 0.778. The lowest BCUT2D eigenvalue weighted by Gasteiger charge is -2.29. The third-order valence-electron chi connectivity index (χ3n) is 4.19. The Bertz CT molecular complexity index is 603. The minimum absolute atomic E-state index is 0.0347. The molecule has 1 aliphatic rings. The Hall–Kier alpha value is -1.95. The number of benzene rings is 1. The van der Waals surface area contributed by atoms with Crippen molar-refractivity contribution in [2.75, 3.05) is 11.9 Å². The fourth-order valence-corrected chi connectivity index (χ4v) is 2.49. The van der Waals surface area contributed by atoms with E-state index in [1.54, 1.807) is 0 Å². The van der Waals surface area contributed by atoms with Gasteiger partial charge in [0.25, 0.3) is 5.91 Å². The molecule has 0 saturated carbocycles. The number of hydrogen-bond donors (Lipinski definition) is 3. The molecule has 22 heavy (non-hydrogen) atoms. The summed E-state index contributed by atoms with van der Waals surface area (Å²) in [5.74, 6) is -1.32. The van der Waals surface area contributed by atoms with Crippen molar-refractivity contribution in [2.45, 2.75) is 45.1 Å². The van der Waals surface area contributed by atoms with Crippen LogP contribution in [0.25, 0.3) is 0 Å². The molecule has 0 fully saturated rings. The normalized spacial score (nSPS) is 16.5. The molecule has 2 rings (SSSR count). The highest BCUT2D eigenvalue weighted by Gasteiger charge is 2.27. The van der Waals surface area contributed by atoms with Gasteiger partial charge in [-0.3, -0.25) is 9.59 Å². The van der Waals surface area contributed by atoms with Crippen LogP contribution in [0.5, 0.6) is 0 Å². The molecule has 1 aromatic rings. The second kappa shape index (κ2) is 6.44. The minimum Gasteiger partial charge on any atom is -0.396 e. The lowest BCUT2D eigenvalue weighted by molar-refractivity contribution is -0.116. The summed E-state index contributed by atoms with van der Waals surface area (Å²) in [6.07, 6.45) is 1.85. The van der Waals surface area contributed by atoms with E-state index in [2.05, 4.69) is 10.6 Å². The lowest BCUT2D eigenvalue weighted by atomic mass is 9.93. The Balaban J connectivity index is 2.25. The molecule has 120 valence electrons. The van der Waals surface area contributed by atoms with E-state index in [9.17, 15) is 14.0 Å². The largest absolute Gasteiger partial charge is 0.396 e. The molecule has 2 amide bonds. The van der Waals surface area contributed by atoms with Gasteiger partial charge in [0.1, 0.15) is 5.82 Å². The Kier molecular flexibility index (Phi) is 4.81. The number of halogens is 1. The van der Waals surface area contributed by atoms with Crippen molar-refractivity contribution in [2.24, 2.45) is 0 Å². The molecule has 0 radical (unpaired) electrons. The summed E-state index contributed by atoms with van der Waals surface area (Å²) in [4.78, 5) is 23.7. The van der Waals surface area contributed by atoms with Gasteiger partial charge in [-0.1, -0.05) is 6.92 Å². The van der Waals surface area contributed by atoms with Gasteiger partial charge in [-0.05, 0) is 43.9 Å². The van der Waals surface area contributed by atoms with Crippen LogP contribution in [0.3, 0.4) is 0 Å². The fraction of sp³-hybridized carbons (Fsp3) is 0.500. The zero-order chi connectivity index (χ0) is 16.3. The Morgan fingerprint density at radius 3 is 2.82 bits per heavy atom. The second-order valence-electron chi connectivity index (χ2n) is 5.88. The van der Waals surface area contributed by atoms with Crippen LogP contribution in [0.1, 0.15) is 49.0 Å². The van der Waals surface area contributed by atoms with Gasteiger partial charge in [-0.15, -0.1) is 0 Å². The first-order chi connectivity index (χ1) is 10.4. The van der Waals surface area contributed by atoms with E-state index in [0.717, 1.165) is 5.56 Å². The first-order valence-electron chi connectivity index (χ1n) is 7.44. The molecule has 1 aliphatic heterocycles. The number of aliphatic hydroxyl groups is 1. The number of hydrogen-bond acceptors (Lipinski definition) is 3. The molecule has 6 heteroatoms. The van der Waals surface area contributed by atoms with E-state index in [-0.39, 0.29) is 18.1 Å². The van der Waals surface area contributed by atoms with Crippen LogP contribution in [0, 0.1) is 5.82 Å². The van der Waals surface area contributed by atoms with Gasteiger partial charge in [-0.2, -0.15) is 0 Å². The molecule has 1 heterocycles. The molecular weight excluding hydrogens is 287 g/mol. The minimum atomic E-state index is -0.666.